The Morgan fingerprint density at radius 1 is 0.857 bits per heavy atom. The topological polar surface area (TPSA) is 101 Å². The van der Waals surface area contributed by atoms with Gasteiger partial charge in [0.1, 0.15) is 12.2 Å². The van der Waals surface area contributed by atoms with E-state index in [2.05, 4.69) is 0 Å². The van der Waals surface area contributed by atoms with Gasteiger partial charge in [0.25, 0.3) is 0 Å². The Balaban J connectivity index is 4.15. The molecule has 5 heteroatoms. The normalized spacial score (nSPS) is 20.6. The Labute approximate surface area is 83.6 Å². The van der Waals surface area contributed by atoms with Crippen molar-refractivity contribution < 1.29 is 25.5 Å². The smallest absolute Gasteiger partial charge is 0.108 e. The summed E-state index contributed by atoms with van der Waals surface area (Å²) in [4.78, 5) is 0. The molecule has 14 heavy (non-hydrogen) atoms. The van der Waals surface area contributed by atoms with E-state index in [1.807, 2.05) is 0 Å². The molecule has 0 aliphatic rings. The van der Waals surface area contributed by atoms with Gasteiger partial charge < -0.3 is 25.5 Å². The van der Waals surface area contributed by atoms with Gasteiger partial charge in [0, 0.05) is 6.61 Å². The molecule has 0 radical (unpaired) electrons. The highest BCUT2D eigenvalue weighted by Crippen LogP contribution is 2.13. The molecule has 0 saturated carbocycles. The standard InChI is InChI=1S/C9H20O5/c1-5(2)7(12)9(14)8(13)6(11)3-4-10/h5-14H,3-4H2,1-2H3/t6-,7-,8?,9-/m0/s1. The summed E-state index contributed by atoms with van der Waals surface area (Å²) < 4.78 is 0. The number of aliphatic hydroxyl groups is 5. The SMILES string of the molecule is CC(C)[C@H](O)[C@H](O)C(O)[C@@H](O)CCO. The van der Waals surface area contributed by atoms with E-state index >= 15 is 0 Å². The molecule has 0 amide bonds. The molecular formula is C9H20O5. The van der Waals surface area contributed by atoms with Crippen molar-refractivity contribution in [1.29, 1.82) is 0 Å². The molecule has 0 aliphatic heterocycles. The van der Waals surface area contributed by atoms with E-state index in [4.69, 9.17) is 5.11 Å². The van der Waals surface area contributed by atoms with Crippen molar-refractivity contribution in [3.63, 3.8) is 0 Å². The minimum absolute atomic E-state index is 0.0248. The first-order chi connectivity index (χ1) is 6.41. The molecule has 0 aromatic rings. The van der Waals surface area contributed by atoms with E-state index < -0.39 is 24.4 Å². The highest BCUT2D eigenvalue weighted by molar-refractivity contribution is 4.82. The van der Waals surface area contributed by atoms with Crippen LogP contribution in [0, 0.1) is 5.92 Å². The third-order valence-corrected chi connectivity index (χ3v) is 2.20. The second-order valence-corrected chi connectivity index (χ2v) is 3.80. The fourth-order valence-electron chi connectivity index (χ4n) is 1.13. The van der Waals surface area contributed by atoms with E-state index in [1.54, 1.807) is 13.8 Å². The Kier molecular flexibility index (Phi) is 6.22. The van der Waals surface area contributed by atoms with Crippen LogP contribution in [0.15, 0.2) is 0 Å². The highest BCUT2D eigenvalue weighted by atomic mass is 16.4. The number of hydrogen-bond donors (Lipinski definition) is 5. The maximum absolute atomic E-state index is 9.41. The monoisotopic (exact) mass is 208 g/mol. The highest BCUT2D eigenvalue weighted by Gasteiger charge is 2.31. The van der Waals surface area contributed by atoms with Gasteiger partial charge in [-0.2, -0.15) is 0 Å². The number of rotatable bonds is 6. The van der Waals surface area contributed by atoms with Crippen LogP contribution in [-0.4, -0.2) is 56.6 Å². The maximum Gasteiger partial charge on any atom is 0.108 e. The van der Waals surface area contributed by atoms with Crippen LogP contribution in [0.25, 0.3) is 0 Å². The Hall–Kier alpha value is -0.200. The van der Waals surface area contributed by atoms with Gasteiger partial charge in [-0.25, -0.2) is 0 Å². The van der Waals surface area contributed by atoms with E-state index in [0.717, 1.165) is 0 Å². The van der Waals surface area contributed by atoms with Crippen LogP contribution in [0.3, 0.4) is 0 Å². The largest absolute Gasteiger partial charge is 0.396 e. The fraction of sp³-hybridized carbons (Fsp3) is 1.00. The van der Waals surface area contributed by atoms with Crippen molar-refractivity contribution in [3.8, 4) is 0 Å². The molecule has 0 spiro atoms. The quantitative estimate of drug-likeness (QED) is 0.364. The maximum atomic E-state index is 9.41. The van der Waals surface area contributed by atoms with Crippen LogP contribution in [0.2, 0.25) is 0 Å². The average molecular weight is 208 g/mol. The summed E-state index contributed by atoms with van der Waals surface area (Å²) in [6.07, 6.45) is -5.15. The van der Waals surface area contributed by atoms with Gasteiger partial charge in [-0.1, -0.05) is 13.8 Å². The molecule has 86 valence electrons. The molecule has 0 saturated heterocycles. The van der Waals surface area contributed by atoms with Crippen molar-refractivity contribution in [2.75, 3.05) is 6.61 Å². The van der Waals surface area contributed by atoms with Crippen LogP contribution >= 0.6 is 0 Å². The number of aliphatic hydroxyl groups excluding tert-OH is 5. The van der Waals surface area contributed by atoms with Crippen LogP contribution < -0.4 is 0 Å². The fourth-order valence-corrected chi connectivity index (χ4v) is 1.13. The molecule has 5 nitrogen and oxygen atoms in total. The lowest BCUT2D eigenvalue weighted by Gasteiger charge is -2.28. The van der Waals surface area contributed by atoms with E-state index in [0.29, 0.717) is 0 Å². The predicted molar refractivity (Wildman–Crippen MR) is 50.6 cm³/mol. The lowest BCUT2D eigenvalue weighted by atomic mass is 9.94. The van der Waals surface area contributed by atoms with Crippen molar-refractivity contribution in [2.45, 2.75) is 44.7 Å². The van der Waals surface area contributed by atoms with Gasteiger partial charge in [0.2, 0.25) is 0 Å². The van der Waals surface area contributed by atoms with Gasteiger partial charge >= 0.3 is 0 Å². The first-order valence-electron chi connectivity index (χ1n) is 4.75. The molecule has 0 aromatic carbocycles. The van der Waals surface area contributed by atoms with Gasteiger partial charge in [-0.3, -0.25) is 0 Å². The summed E-state index contributed by atoms with van der Waals surface area (Å²) in [5.41, 5.74) is 0. The second-order valence-electron chi connectivity index (χ2n) is 3.80. The van der Waals surface area contributed by atoms with Crippen LogP contribution in [0.1, 0.15) is 20.3 Å². The first-order valence-corrected chi connectivity index (χ1v) is 4.75. The summed E-state index contributed by atoms with van der Waals surface area (Å²) in [6, 6.07) is 0. The molecule has 0 rings (SSSR count). The van der Waals surface area contributed by atoms with Crippen LogP contribution in [0.4, 0.5) is 0 Å². The molecule has 0 aromatic heterocycles. The summed E-state index contributed by atoms with van der Waals surface area (Å²) in [7, 11) is 0. The Morgan fingerprint density at radius 2 is 1.36 bits per heavy atom. The number of hydrogen-bond acceptors (Lipinski definition) is 5. The van der Waals surface area contributed by atoms with Crippen molar-refractivity contribution in [2.24, 2.45) is 5.92 Å². The van der Waals surface area contributed by atoms with E-state index in [-0.39, 0.29) is 18.9 Å². The molecule has 0 aliphatic carbocycles. The van der Waals surface area contributed by atoms with E-state index in [9.17, 15) is 20.4 Å². The van der Waals surface area contributed by atoms with Crippen molar-refractivity contribution in [1.82, 2.24) is 0 Å². The zero-order valence-electron chi connectivity index (χ0n) is 8.54. The zero-order valence-corrected chi connectivity index (χ0v) is 8.54. The van der Waals surface area contributed by atoms with Crippen LogP contribution in [-0.2, 0) is 0 Å². The lowest BCUT2D eigenvalue weighted by molar-refractivity contribution is -0.118. The summed E-state index contributed by atoms with van der Waals surface area (Å²) in [5, 5.41) is 45.9. The molecule has 0 fully saturated rings. The van der Waals surface area contributed by atoms with Crippen LogP contribution in [0.5, 0.6) is 0 Å². The summed E-state index contributed by atoms with van der Waals surface area (Å²) in [5.74, 6) is -0.207. The van der Waals surface area contributed by atoms with Crippen molar-refractivity contribution in [3.05, 3.63) is 0 Å². The third-order valence-electron chi connectivity index (χ3n) is 2.20. The van der Waals surface area contributed by atoms with Gasteiger partial charge in [-0.15, -0.1) is 0 Å². The Bertz CT molecular complexity index is 150. The second kappa shape index (κ2) is 6.31. The Morgan fingerprint density at radius 3 is 1.71 bits per heavy atom. The zero-order chi connectivity index (χ0) is 11.3. The van der Waals surface area contributed by atoms with Gasteiger partial charge in [0.15, 0.2) is 0 Å². The minimum atomic E-state index is -1.43. The van der Waals surface area contributed by atoms with Gasteiger partial charge in [-0.05, 0) is 12.3 Å². The molecule has 0 bridgehead atoms. The molecule has 1 unspecified atom stereocenters. The van der Waals surface area contributed by atoms with Crippen molar-refractivity contribution >= 4 is 0 Å². The summed E-state index contributed by atoms with van der Waals surface area (Å²) >= 11 is 0. The molecular weight excluding hydrogens is 188 g/mol. The predicted octanol–water partition coefficient (Wildman–Crippen LogP) is -1.53. The van der Waals surface area contributed by atoms with Gasteiger partial charge in [0.05, 0.1) is 12.2 Å². The average Bonchev–Trinajstić information content (AvgIpc) is 2.14. The first kappa shape index (κ1) is 13.8. The lowest BCUT2D eigenvalue weighted by Crippen LogP contribution is -2.46. The third kappa shape index (κ3) is 3.89. The molecule has 0 heterocycles. The summed E-state index contributed by atoms with van der Waals surface area (Å²) in [6.45, 7) is 3.11. The van der Waals surface area contributed by atoms with E-state index in [1.165, 1.54) is 0 Å². The molecule has 4 atom stereocenters. The minimum Gasteiger partial charge on any atom is -0.396 e. The molecule has 5 N–H and O–H groups in total.